The topological polar surface area (TPSA) is 99.6 Å². The average molecular weight is 594 g/mol. The van der Waals surface area contributed by atoms with Gasteiger partial charge in [0.2, 0.25) is 18.6 Å². The lowest BCUT2D eigenvalue weighted by molar-refractivity contribution is -0.884. The molecule has 1 N–H and O–H groups in total. The first kappa shape index (κ1) is 30.8. The number of aliphatic carboxylic acids is 1. The summed E-state index contributed by atoms with van der Waals surface area (Å²) in [5, 5.41) is 10.5. The summed E-state index contributed by atoms with van der Waals surface area (Å²) in [4.78, 5) is 45.3. The standard InChI is InChI=1S/C33H44N4O6/c1-5-6-15-36(25-10-7-9-23(16-25)21-37(2,3)4)31(39)20-35-18-26(24-12-13-28-29(17-24)43-22-42-28)32(33(40)41)27(35)19-34-14-8-11-30(34)38/h7,9-10,12-13,16-17,26-27,32H,5-6,8,11,14-15,18-22H2,1-4H3/p+1/t26-,27+,32?/m1/s1. The van der Waals surface area contributed by atoms with Crippen molar-refractivity contribution in [3.63, 3.8) is 0 Å². The number of carbonyl (C=O) groups excluding carboxylic acids is 2. The number of amides is 2. The number of ether oxygens (including phenoxy) is 2. The van der Waals surface area contributed by atoms with Crippen molar-refractivity contribution in [1.82, 2.24) is 9.80 Å². The van der Waals surface area contributed by atoms with Crippen molar-refractivity contribution in [3.8, 4) is 11.5 Å². The molecule has 3 atom stereocenters. The molecule has 0 bridgehead atoms. The van der Waals surface area contributed by atoms with Crippen LogP contribution in [0.2, 0.25) is 0 Å². The summed E-state index contributed by atoms with van der Waals surface area (Å²) in [7, 11) is 6.42. The van der Waals surface area contributed by atoms with Crippen molar-refractivity contribution < 1.29 is 33.4 Å². The van der Waals surface area contributed by atoms with Gasteiger partial charge in [0.15, 0.2) is 11.5 Å². The molecule has 3 heterocycles. The van der Waals surface area contributed by atoms with Crippen LogP contribution in [0, 0.1) is 5.92 Å². The van der Waals surface area contributed by atoms with Crippen LogP contribution in [0.25, 0.3) is 0 Å². The van der Waals surface area contributed by atoms with Crippen LogP contribution in [0.5, 0.6) is 11.5 Å². The van der Waals surface area contributed by atoms with Gasteiger partial charge in [0.05, 0.1) is 33.6 Å². The van der Waals surface area contributed by atoms with Gasteiger partial charge in [-0.2, -0.15) is 0 Å². The third kappa shape index (κ3) is 7.13. The molecule has 2 saturated heterocycles. The molecule has 3 aliphatic rings. The Balaban J connectivity index is 1.44. The fraction of sp³-hybridized carbons (Fsp3) is 0.545. The maximum atomic E-state index is 14.1. The summed E-state index contributed by atoms with van der Waals surface area (Å²) in [5.41, 5.74) is 2.84. The van der Waals surface area contributed by atoms with Gasteiger partial charge in [-0.25, -0.2) is 0 Å². The molecule has 1 unspecified atom stereocenters. The first-order chi connectivity index (χ1) is 20.5. The van der Waals surface area contributed by atoms with Crippen molar-refractivity contribution >= 4 is 23.5 Å². The van der Waals surface area contributed by atoms with Crippen LogP contribution in [0.3, 0.4) is 0 Å². The van der Waals surface area contributed by atoms with Crippen LogP contribution in [-0.2, 0) is 20.9 Å². The zero-order chi connectivity index (χ0) is 30.7. The number of unbranched alkanes of at least 4 members (excludes halogenated alkanes) is 1. The van der Waals surface area contributed by atoms with Crippen molar-refractivity contribution in [2.24, 2.45) is 5.92 Å². The molecule has 2 amide bonds. The van der Waals surface area contributed by atoms with Crippen LogP contribution in [-0.4, -0.2) is 104 Å². The molecule has 0 radical (unpaired) electrons. The summed E-state index contributed by atoms with van der Waals surface area (Å²) in [6.07, 6.45) is 3.04. The molecule has 5 rings (SSSR count). The Kier molecular flexibility index (Phi) is 9.27. The zero-order valence-electron chi connectivity index (χ0n) is 25.8. The lowest BCUT2D eigenvalue weighted by Crippen LogP contribution is -2.49. The number of hydrogen-bond donors (Lipinski definition) is 1. The normalized spacial score (nSPS) is 21.9. The van der Waals surface area contributed by atoms with E-state index in [4.69, 9.17) is 9.47 Å². The second-order valence-electron chi connectivity index (χ2n) is 13.0. The summed E-state index contributed by atoms with van der Waals surface area (Å²) >= 11 is 0. The number of rotatable bonds is 12. The molecule has 2 aromatic carbocycles. The number of carbonyl (C=O) groups is 3. The van der Waals surface area contributed by atoms with E-state index in [1.165, 1.54) is 0 Å². The fourth-order valence-electron chi connectivity index (χ4n) is 6.67. The van der Waals surface area contributed by atoms with Gasteiger partial charge in [0.25, 0.3) is 0 Å². The van der Waals surface area contributed by atoms with E-state index in [-0.39, 0.29) is 37.6 Å². The molecule has 0 saturated carbocycles. The highest BCUT2D eigenvalue weighted by Gasteiger charge is 2.48. The van der Waals surface area contributed by atoms with E-state index in [1.54, 1.807) is 4.90 Å². The maximum absolute atomic E-state index is 14.1. The Labute approximate surface area is 254 Å². The summed E-state index contributed by atoms with van der Waals surface area (Å²) < 4.78 is 11.8. The summed E-state index contributed by atoms with van der Waals surface area (Å²) in [6.45, 7) is 5.01. The number of hydrogen-bond acceptors (Lipinski definition) is 6. The molecule has 0 aromatic heterocycles. The molecule has 2 aromatic rings. The van der Waals surface area contributed by atoms with E-state index in [0.29, 0.717) is 37.6 Å². The third-order valence-corrected chi connectivity index (χ3v) is 8.69. The second-order valence-corrected chi connectivity index (χ2v) is 13.0. The van der Waals surface area contributed by atoms with Crippen molar-refractivity contribution in [3.05, 3.63) is 53.6 Å². The summed E-state index contributed by atoms with van der Waals surface area (Å²) in [6, 6.07) is 13.2. The lowest BCUT2D eigenvalue weighted by atomic mass is 9.85. The lowest BCUT2D eigenvalue weighted by Gasteiger charge is -2.32. The van der Waals surface area contributed by atoms with Gasteiger partial charge in [-0.05, 0) is 42.7 Å². The minimum absolute atomic E-state index is 0.0422. The number of carboxylic acids is 1. The predicted molar refractivity (Wildman–Crippen MR) is 163 cm³/mol. The van der Waals surface area contributed by atoms with E-state index >= 15 is 0 Å². The highest BCUT2D eigenvalue weighted by molar-refractivity contribution is 5.95. The van der Waals surface area contributed by atoms with Crippen LogP contribution in [0.1, 0.15) is 49.7 Å². The molecule has 10 heteroatoms. The average Bonchev–Trinajstić information content (AvgIpc) is 3.67. The Morgan fingerprint density at radius 3 is 2.58 bits per heavy atom. The highest BCUT2D eigenvalue weighted by atomic mass is 16.7. The van der Waals surface area contributed by atoms with Crippen LogP contribution < -0.4 is 14.4 Å². The smallest absolute Gasteiger partial charge is 0.308 e. The van der Waals surface area contributed by atoms with Crippen LogP contribution in [0.15, 0.2) is 42.5 Å². The molecular weight excluding hydrogens is 548 g/mol. The number of nitrogens with zero attached hydrogens (tertiary/aromatic N) is 4. The third-order valence-electron chi connectivity index (χ3n) is 8.69. The van der Waals surface area contributed by atoms with E-state index in [0.717, 1.165) is 47.1 Å². The predicted octanol–water partition coefficient (Wildman–Crippen LogP) is 3.55. The Bertz CT molecular complexity index is 1340. The van der Waals surface area contributed by atoms with Gasteiger partial charge < -0.3 is 28.9 Å². The van der Waals surface area contributed by atoms with Crippen LogP contribution in [0.4, 0.5) is 5.69 Å². The molecule has 2 fully saturated rings. The first-order valence-electron chi connectivity index (χ1n) is 15.4. The Morgan fingerprint density at radius 2 is 1.88 bits per heavy atom. The molecular formula is C33H45N4O6+. The van der Waals surface area contributed by atoms with Gasteiger partial charge in [0, 0.05) is 55.8 Å². The first-order valence-corrected chi connectivity index (χ1v) is 15.4. The monoisotopic (exact) mass is 593 g/mol. The van der Waals surface area contributed by atoms with Gasteiger partial charge >= 0.3 is 5.97 Å². The summed E-state index contributed by atoms with van der Waals surface area (Å²) in [5.74, 6) is -0.881. The van der Waals surface area contributed by atoms with Crippen LogP contribution >= 0.6 is 0 Å². The molecule has 10 nitrogen and oxygen atoms in total. The van der Waals surface area contributed by atoms with Crippen molar-refractivity contribution in [2.75, 3.05) is 65.6 Å². The number of likely N-dealkylation sites (tertiary alicyclic amines) is 2. The number of anilines is 1. The molecule has 232 valence electrons. The van der Waals surface area contributed by atoms with Gasteiger partial charge in [-0.1, -0.05) is 31.5 Å². The number of fused-ring (bicyclic) bond motifs is 1. The molecule has 3 aliphatic heterocycles. The second kappa shape index (κ2) is 12.9. The largest absolute Gasteiger partial charge is 0.481 e. The molecule has 43 heavy (non-hydrogen) atoms. The number of quaternary nitrogens is 1. The Hall–Kier alpha value is -3.63. The van der Waals surface area contributed by atoms with Crippen molar-refractivity contribution in [1.29, 1.82) is 0 Å². The maximum Gasteiger partial charge on any atom is 0.308 e. The minimum atomic E-state index is -0.926. The fourth-order valence-corrected chi connectivity index (χ4v) is 6.67. The van der Waals surface area contributed by atoms with E-state index in [1.807, 2.05) is 40.1 Å². The van der Waals surface area contributed by atoms with Crippen molar-refractivity contribution in [2.45, 2.75) is 51.1 Å². The quantitative estimate of drug-likeness (QED) is 0.376. The van der Waals surface area contributed by atoms with Gasteiger partial charge in [0.1, 0.15) is 6.54 Å². The van der Waals surface area contributed by atoms with E-state index in [2.05, 4.69) is 40.2 Å². The number of benzene rings is 2. The van der Waals surface area contributed by atoms with E-state index < -0.39 is 17.9 Å². The highest BCUT2D eigenvalue weighted by Crippen LogP contribution is 2.42. The zero-order valence-corrected chi connectivity index (χ0v) is 25.8. The van der Waals surface area contributed by atoms with Gasteiger partial charge in [-0.15, -0.1) is 0 Å². The SMILES string of the molecule is CCCCN(C(=O)CN1C[C@H](c2ccc3c(c2)OCO3)C(C(=O)O)[C@@H]1CN1CCCC1=O)c1cccc(C[N+](C)(C)C)c1. The van der Waals surface area contributed by atoms with E-state index in [9.17, 15) is 19.5 Å². The Morgan fingerprint density at radius 1 is 1.09 bits per heavy atom. The number of carboxylic acid groups (broad SMARTS) is 1. The van der Waals surface area contributed by atoms with Gasteiger partial charge in [-0.3, -0.25) is 19.3 Å². The molecule has 0 aliphatic carbocycles. The minimum Gasteiger partial charge on any atom is -0.481 e. The molecule has 0 spiro atoms.